The standard InChI is InChI=1S/C22H27N5O3/c1-6-16-10-8-9-11-17(16)26-14(3)15(4)27-18-19(23-21(26)27)24(5)22(29)25(20(18)28)12-13-30-7-2/h8-11H,6-7,12-13H2,1-5H3. The first-order chi connectivity index (χ1) is 14.4. The van der Waals surface area contributed by atoms with Crippen LogP contribution in [0, 0.1) is 13.8 Å². The van der Waals surface area contributed by atoms with Gasteiger partial charge >= 0.3 is 5.69 Å². The SMILES string of the molecule is CCOCCn1c(=O)c2c(nc3n(-c4ccccc4CC)c(C)c(C)n23)n(C)c1=O. The Balaban J connectivity index is 2.09. The van der Waals surface area contributed by atoms with E-state index in [0.29, 0.717) is 30.2 Å². The molecular weight excluding hydrogens is 382 g/mol. The number of aryl methyl sites for hydroxylation is 3. The van der Waals surface area contributed by atoms with Gasteiger partial charge in [0.2, 0.25) is 5.78 Å². The molecule has 0 aliphatic heterocycles. The molecule has 0 fully saturated rings. The van der Waals surface area contributed by atoms with Crippen molar-refractivity contribution in [1.82, 2.24) is 23.1 Å². The van der Waals surface area contributed by atoms with E-state index >= 15 is 0 Å². The molecule has 0 aliphatic rings. The predicted octanol–water partition coefficient (Wildman–Crippen LogP) is 2.35. The molecule has 0 amide bonds. The third-order valence-corrected chi connectivity index (χ3v) is 5.80. The Morgan fingerprint density at radius 2 is 1.80 bits per heavy atom. The number of imidazole rings is 2. The Bertz CT molecular complexity index is 1370. The molecule has 0 spiro atoms. The summed E-state index contributed by atoms with van der Waals surface area (Å²) in [7, 11) is 1.65. The van der Waals surface area contributed by atoms with Gasteiger partial charge in [-0.25, -0.2) is 4.79 Å². The highest BCUT2D eigenvalue weighted by Crippen LogP contribution is 2.26. The van der Waals surface area contributed by atoms with E-state index < -0.39 is 0 Å². The number of para-hydroxylation sites is 1. The fourth-order valence-corrected chi connectivity index (χ4v) is 4.06. The summed E-state index contributed by atoms with van der Waals surface area (Å²) in [5, 5.41) is 0. The van der Waals surface area contributed by atoms with E-state index in [4.69, 9.17) is 9.72 Å². The minimum atomic E-state index is -0.386. The van der Waals surface area contributed by atoms with Crippen molar-refractivity contribution in [3.05, 3.63) is 62.1 Å². The van der Waals surface area contributed by atoms with Gasteiger partial charge in [-0.3, -0.25) is 22.9 Å². The molecule has 158 valence electrons. The summed E-state index contributed by atoms with van der Waals surface area (Å²) >= 11 is 0. The normalized spacial score (nSPS) is 11.8. The van der Waals surface area contributed by atoms with Crippen molar-refractivity contribution in [2.45, 2.75) is 40.7 Å². The fraction of sp³-hybridized carbons (Fsp3) is 0.409. The van der Waals surface area contributed by atoms with E-state index in [0.717, 1.165) is 23.5 Å². The maximum Gasteiger partial charge on any atom is 0.332 e. The van der Waals surface area contributed by atoms with E-state index in [1.807, 2.05) is 37.3 Å². The molecule has 0 bridgehead atoms. The fourth-order valence-electron chi connectivity index (χ4n) is 4.06. The Kier molecular flexibility index (Phi) is 5.11. The molecule has 4 rings (SSSR count). The lowest BCUT2D eigenvalue weighted by atomic mass is 10.1. The first-order valence-electron chi connectivity index (χ1n) is 10.3. The molecule has 0 saturated heterocycles. The van der Waals surface area contributed by atoms with Crippen LogP contribution in [0.15, 0.2) is 33.9 Å². The third-order valence-electron chi connectivity index (χ3n) is 5.80. The van der Waals surface area contributed by atoms with Gasteiger partial charge in [0.15, 0.2) is 11.2 Å². The molecule has 0 aliphatic carbocycles. The van der Waals surface area contributed by atoms with Gasteiger partial charge in [0, 0.05) is 25.0 Å². The summed E-state index contributed by atoms with van der Waals surface area (Å²) in [4.78, 5) is 30.9. The van der Waals surface area contributed by atoms with Crippen LogP contribution in [0.3, 0.4) is 0 Å². The first kappa shape index (κ1) is 20.2. The number of benzene rings is 1. The van der Waals surface area contributed by atoms with Crippen molar-refractivity contribution in [2.24, 2.45) is 7.05 Å². The quantitative estimate of drug-likeness (QED) is 0.458. The molecule has 0 N–H and O–H groups in total. The van der Waals surface area contributed by atoms with Crippen molar-refractivity contribution in [3.63, 3.8) is 0 Å². The smallest absolute Gasteiger partial charge is 0.332 e. The first-order valence-corrected chi connectivity index (χ1v) is 10.3. The van der Waals surface area contributed by atoms with Crippen molar-refractivity contribution >= 4 is 16.9 Å². The van der Waals surface area contributed by atoms with Crippen LogP contribution >= 0.6 is 0 Å². The lowest BCUT2D eigenvalue weighted by Crippen LogP contribution is -2.40. The summed E-state index contributed by atoms with van der Waals surface area (Å²) in [5.74, 6) is 0.635. The molecule has 8 heteroatoms. The zero-order valence-electron chi connectivity index (χ0n) is 18.1. The van der Waals surface area contributed by atoms with Gasteiger partial charge in [0.05, 0.1) is 18.8 Å². The van der Waals surface area contributed by atoms with Gasteiger partial charge in [-0.1, -0.05) is 25.1 Å². The molecule has 0 atom stereocenters. The zero-order chi connectivity index (χ0) is 21.6. The summed E-state index contributed by atoms with van der Waals surface area (Å²) in [6.07, 6.45) is 0.877. The highest BCUT2D eigenvalue weighted by atomic mass is 16.5. The van der Waals surface area contributed by atoms with Crippen LogP contribution in [0.2, 0.25) is 0 Å². The van der Waals surface area contributed by atoms with Crippen molar-refractivity contribution in [1.29, 1.82) is 0 Å². The Hall–Kier alpha value is -3.13. The van der Waals surface area contributed by atoms with Crippen molar-refractivity contribution in [3.8, 4) is 5.69 Å². The van der Waals surface area contributed by atoms with Crippen LogP contribution in [0.4, 0.5) is 0 Å². The monoisotopic (exact) mass is 409 g/mol. The molecule has 0 saturated carbocycles. The molecule has 0 radical (unpaired) electrons. The molecular formula is C22H27N5O3. The van der Waals surface area contributed by atoms with Crippen LogP contribution in [-0.2, 0) is 24.8 Å². The summed E-state index contributed by atoms with van der Waals surface area (Å²) in [5.41, 5.74) is 4.23. The second-order valence-electron chi connectivity index (χ2n) is 7.40. The second-order valence-corrected chi connectivity index (χ2v) is 7.40. The van der Waals surface area contributed by atoms with Crippen LogP contribution in [0.25, 0.3) is 22.6 Å². The largest absolute Gasteiger partial charge is 0.380 e. The van der Waals surface area contributed by atoms with Gasteiger partial charge in [0.1, 0.15) is 0 Å². The maximum absolute atomic E-state index is 13.3. The van der Waals surface area contributed by atoms with Gasteiger partial charge in [-0.2, -0.15) is 4.98 Å². The Morgan fingerprint density at radius 3 is 2.50 bits per heavy atom. The van der Waals surface area contributed by atoms with E-state index in [-0.39, 0.29) is 17.8 Å². The predicted molar refractivity (Wildman–Crippen MR) is 117 cm³/mol. The van der Waals surface area contributed by atoms with Gasteiger partial charge in [0.25, 0.3) is 5.56 Å². The van der Waals surface area contributed by atoms with E-state index in [9.17, 15) is 9.59 Å². The molecule has 3 heterocycles. The molecule has 3 aromatic heterocycles. The highest BCUT2D eigenvalue weighted by molar-refractivity contribution is 5.77. The minimum absolute atomic E-state index is 0.208. The summed E-state index contributed by atoms with van der Waals surface area (Å²) in [6, 6.07) is 8.18. The number of rotatable bonds is 6. The van der Waals surface area contributed by atoms with Gasteiger partial charge in [-0.15, -0.1) is 0 Å². The molecule has 30 heavy (non-hydrogen) atoms. The van der Waals surface area contributed by atoms with E-state index in [1.54, 1.807) is 7.05 Å². The topological polar surface area (TPSA) is 75.5 Å². The van der Waals surface area contributed by atoms with Crippen LogP contribution in [0.1, 0.15) is 30.8 Å². The number of ether oxygens (including phenoxy) is 1. The Labute approximate surface area is 174 Å². The van der Waals surface area contributed by atoms with Crippen LogP contribution in [0.5, 0.6) is 0 Å². The van der Waals surface area contributed by atoms with Gasteiger partial charge in [-0.05, 0) is 38.8 Å². The number of nitrogens with zero attached hydrogens (tertiary/aromatic N) is 5. The zero-order valence-corrected chi connectivity index (χ0v) is 18.1. The molecule has 1 aromatic carbocycles. The van der Waals surface area contributed by atoms with Crippen molar-refractivity contribution < 1.29 is 4.74 Å². The number of hydrogen-bond acceptors (Lipinski definition) is 4. The molecule has 8 nitrogen and oxygen atoms in total. The summed E-state index contributed by atoms with van der Waals surface area (Å²) in [6.45, 7) is 9.05. The summed E-state index contributed by atoms with van der Waals surface area (Å²) < 4.78 is 12.0. The van der Waals surface area contributed by atoms with Crippen LogP contribution in [-0.4, -0.2) is 36.3 Å². The van der Waals surface area contributed by atoms with Gasteiger partial charge < -0.3 is 4.74 Å². The lowest BCUT2D eigenvalue weighted by Gasteiger charge is -2.11. The van der Waals surface area contributed by atoms with E-state index in [1.165, 1.54) is 14.7 Å². The number of fused-ring (bicyclic) bond motifs is 3. The number of hydrogen-bond donors (Lipinski definition) is 0. The number of aromatic nitrogens is 5. The maximum atomic E-state index is 13.3. The second kappa shape index (κ2) is 7.60. The lowest BCUT2D eigenvalue weighted by molar-refractivity contribution is 0.137. The van der Waals surface area contributed by atoms with E-state index in [2.05, 4.69) is 23.6 Å². The highest BCUT2D eigenvalue weighted by Gasteiger charge is 2.23. The van der Waals surface area contributed by atoms with Crippen molar-refractivity contribution in [2.75, 3.05) is 13.2 Å². The molecule has 4 aromatic rings. The third kappa shape index (κ3) is 2.82. The average molecular weight is 409 g/mol. The average Bonchev–Trinajstić information content (AvgIpc) is 3.24. The Morgan fingerprint density at radius 1 is 1.07 bits per heavy atom. The minimum Gasteiger partial charge on any atom is -0.380 e. The molecule has 0 unspecified atom stereocenters. The van der Waals surface area contributed by atoms with Crippen LogP contribution < -0.4 is 11.2 Å².